The van der Waals surface area contributed by atoms with E-state index in [-0.39, 0.29) is 17.6 Å². The summed E-state index contributed by atoms with van der Waals surface area (Å²) in [5, 5.41) is 3.56. The fourth-order valence-corrected chi connectivity index (χ4v) is 4.57. The van der Waals surface area contributed by atoms with Crippen LogP contribution in [0.25, 0.3) is 10.9 Å². The molecular weight excluding hydrogens is 426 g/mol. The maximum Gasteiger partial charge on any atom is 0.262 e. The molecule has 8 heteroatoms. The van der Waals surface area contributed by atoms with E-state index in [2.05, 4.69) is 5.32 Å². The second-order valence-corrected chi connectivity index (χ2v) is 8.98. The molecule has 3 aromatic rings. The number of benzene rings is 2. The van der Waals surface area contributed by atoms with Crippen molar-refractivity contribution >= 4 is 34.3 Å². The van der Waals surface area contributed by atoms with Crippen molar-refractivity contribution < 1.29 is 14.3 Å². The lowest BCUT2D eigenvalue weighted by molar-refractivity contribution is -0.115. The SMILES string of the molecule is CCOc1ccc(NC(=O)C(C)Sc2nc3ccccc3c(=O)n2CC2CCCO2)cc1. The molecule has 1 aromatic heterocycles. The Morgan fingerprint density at radius 3 is 2.78 bits per heavy atom. The molecule has 0 bridgehead atoms. The van der Waals surface area contributed by atoms with Crippen molar-refractivity contribution in [3.63, 3.8) is 0 Å². The van der Waals surface area contributed by atoms with Gasteiger partial charge in [-0.15, -0.1) is 0 Å². The summed E-state index contributed by atoms with van der Waals surface area (Å²) in [4.78, 5) is 30.7. The van der Waals surface area contributed by atoms with Gasteiger partial charge in [0.05, 0.1) is 35.4 Å². The number of carbonyl (C=O) groups excluding carboxylic acids is 1. The summed E-state index contributed by atoms with van der Waals surface area (Å²) in [6.07, 6.45) is 1.89. The molecule has 2 unspecified atom stereocenters. The van der Waals surface area contributed by atoms with Gasteiger partial charge in [0.1, 0.15) is 5.75 Å². The third kappa shape index (κ3) is 5.14. The standard InChI is InChI=1S/C24H27N3O4S/c1-3-30-18-12-10-17(11-13-18)25-22(28)16(2)32-24-26-21-9-5-4-8-20(21)23(29)27(24)15-19-7-6-14-31-19/h4-5,8-13,16,19H,3,6-7,14-15H2,1-2H3,(H,25,28). The Morgan fingerprint density at radius 1 is 1.28 bits per heavy atom. The molecule has 1 amide bonds. The minimum atomic E-state index is -0.453. The van der Waals surface area contributed by atoms with Gasteiger partial charge in [0.25, 0.3) is 5.56 Å². The Labute approximate surface area is 191 Å². The summed E-state index contributed by atoms with van der Waals surface area (Å²) in [6.45, 7) is 5.47. The average molecular weight is 454 g/mol. The predicted octanol–water partition coefficient (Wildman–Crippen LogP) is 4.09. The topological polar surface area (TPSA) is 82.5 Å². The van der Waals surface area contributed by atoms with Crippen molar-refractivity contribution in [3.8, 4) is 5.75 Å². The van der Waals surface area contributed by atoms with Crippen LogP contribution in [-0.4, -0.2) is 40.0 Å². The molecule has 1 aliphatic heterocycles. The minimum Gasteiger partial charge on any atom is -0.494 e. The van der Waals surface area contributed by atoms with E-state index in [1.807, 2.05) is 56.3 Å². The van der Waals surface area contributed by atoms with E-state index in [9.17, 15) is 9.59 Å². The first-order chi connectivity index (χ1) is 15.5. The molecule has 7 nitrogen and oxygen atoms in total. The van der Waals surface area contributed by atoms with Crippen LogP contribution in [0.5, 0.6) is 5.75 Å². The predicted molar refractivity (Wildman–Crippen MR) is 127 cm³/mol. The first kappa shape index (κ1) is 22.4. The molecule has 32 heavy (non-hydrogen) atoms. The van der Waals surface area contributed by atoms with Crippen LogP contribution in [0.4, 0.5) is 5.69 Å². The highest BCUT2D eigenvalue weighted by Gasteiger charge is 2.23. The number of thioether (sulfide) groups is 1. The maximum absolute atomic E-state index is 13.2. The number of anilines is 1. The van der Waals surface area contributed by atoms with E-state index in [0.29, 0.717) is 41.5 Å². The molecule has 168 valence electrons. The molecule has 1 aliphatic rings. The van der Waals surface area contributed by atoms with Gasteiger partial charge in [-0.05, 0) is 63.1 Å². The van der Waals surface area contributed by atoms with Crippen molar-refractivity contribution in [2.75, 3.05) is 18.5 Å². The Bertz CT molecular complexity index is 1140. The smallest absolute Gasteiger partial charge is 0.262 e. The van der Waals surface area contributed by atoms with Crippen LogP contribution in [0.1, 0.15) is 26.7 Å². The van der Waals surface area contributed by atoms with E-state index in [1.165, 1.54) is 11.8 Å². The molecule has 1 saturated heterocycles. The van der Waals surface area contributed by atoms with Gasteiger partial charge >= 0.3 is 0 Å². The van der Waals surface area contributed by atoms with Crippen LogP contribution in [0, 0.1) is 0 Å². The van der Waals surface area contributed by atoms with Crippen molar-refractivity contribution in [2.24, 2.45) is 0 Å². The fraction of sp³-hybridized carbons (Fsp3) is 0.375. The minimum absolute atomic E-state index is 0.0111. The number of para-hydroxylation sites is 1. The van der Waals surface area contributed by atoms with Crippen molar-refractivity contribution in [1.82, 2.24) is 9.55 Å². The lowest BCUT2D eigenvalue weighted by Crippen LogP contribution is -2.30. The number of nitrogens with one attached hydrogen (secondary N) is 1. The zero-order valence-electron chi connectivity index (χ0n) is 18.2. The van der Waals surface area contributed by atoms with Gasteiger partial charge in [-0.2, -0.15) is 0 Å². The lowest BCUT2D eigenvalue weighted by Gasteiger charge is -2.18. The molecule has 1 N–H and O–H groups in total. The summed E-state index contributed by atoms with van der Waals surface area (Å²) < 4.78 is 12.8. The Hall–Kier alpha value is -2.84. The summed E-state index contributed by atoms with van der Waals surface area (Å²) in [5.41, 5.74) is 1.21. The van der Waals surface area contributed by atoms with Crippen LogP contribution in [-0.2, 0) is 16.1 Å². The van der Waals surface area contributed by atoms with Crippen molar-refractivity contribution in [2.45, 2.75) is 49.7 Å². The summed E-state index contributed by atoms with van der Waals surface area (Å²) in [7, 11) is 0. The summed E-state index contributed by atoms with van der Waals surface area (Å²) in [5.74, 6) is 0.594. The third-order valence-corrected chi connectivity index (χ3v) is 6.41. The van der Waals surface area contributed by atoms with Gasteiger partial charge in [-0.3, -0.25) is 14.2 Å². The van der Waals surface area contributed by atoms with Gasteiger partial charge in [0, 0.05) is 12.3 Å². The van der Waals surface area contributed by atoms with Crippen LogP contribution < -0.4 is 15.6 Å². The summed E-state index contributed by atoms with van der Waals surface area (Å²) in [6, 6.07) is 14.6. The highest BCUT2D eigenvalue weighted by atomic mass is 32.2. The van der Waals surface area contributed by atoms with Gasteiger partial charge < -0.3 is 14.8 Å². The maximum atomic E-state index is 13.2. The molecule has 2 atom stereocenters. The van der Waals surface area contributed by atoms with Gasteiger partial charge in [0.2, 0.25) is 5.91 Å². The number of ether oxygens (including phenoxy) is 2. The third-order valence-electron chi connectivity index (χ3n) is 5.32. The van der Waals surface area contributed by atoms with Gasteiger partial charge in [0.15, 0.2) is 5.16 Å². The largest absolute Gasteiger partial charge is 0.494 e. The molecule has 0 spiro atoms. The normalized spacial score (nSPS) is 16.8. The van der Waals surface area contributed by atoms with Crippen molar-refractivity contribution in [3.05, 3.63) is 58.9 Å². The van der Waals surface area contributed by atoms with E-state index < -0.39 is 5.25 Å². The van der Waals surface area contributed by atoms with Crippen LogP contribution in [0.2, 0.25) is 0 Å². The molecule has 2 heterocycles. The van der Waals surface area contributed by atoms with E-state index in [4.69, 9.17) is 14.5 Å². The number of rotatable bonds is 8. The highest BCUT2D eigenvalue weighted by Crippen LogP contribution is 2.25. The zero-order valence-corrected chi connectivity index (χ0v) is 19.1. The quantitative estimate of drug-likeness (QED) is 0.409. The van der Waals surface area contributed by atoms with Crippen molar-refractivity contribution in [1.29, 1.82) is 0 Å². The summed E-state index contributed by atoms with van der Waals surface area (Å²) >= 11 is 1.28. The first-order valence-electron chi connectivity index (χ1n) is 10.9. The number of amides is 1. The average Bonchev–Trinajstić information content (AvgIpc) is 3.31. The molecule has 0 saturated carbocycles. The molecule has 0 radical (unpaired) electrons. The number of hydrogen-bond donors (Lipinski definition) is 1. The van der Waals surface area contributed by atoms with E-state index in [1.54, 1.807) is 10.6 Å². The molecule has 1 fully saturated rings. The Kier molecular flexibility index (Phi) is 7.12. The van der Waals surface area contributed by atoms with Crippen LogP contribution >= 0.6 is 11.8 Å². The van der Waals surface area contributed by atoms with E-state index in [0.717, 1.165) is 18.6 Å². The Morgan fingerprint density at radius 2 is 2.06 bits per heavy atom. The molecule has 4 rings (SSSR count). The van der Waals surface area contributed by atoms with Gasteiger partial charge in [-0.1, -0.05) is 23.9 Å². The number of fused-ring (bicyclic) bond motifs is 1. The highest BCUT2D eigenvalue weighted by molar-refractivity contribution is 8.00. The first-order valence-corrected chi connectivity index (χ1v) is 11.7. The Balaban J connectivity index is 1.55. The second kappa shape index (κ2) is 10.2. The van der Waals surface area contributed by atoms with Crippen LogP contribution in [0.15, 0.2) is 58.5 Å². The number of aromatic nitrogens is 2. The molecule has 2 aromatic carbocycles. The number of nitrogens with zero attached hydrogens (tertiary/aromatic N) is 2. The van der Waals surface area contributed by atoms with E-state index >= 15 is 0 Å². The fourth-order valence-electron chi connectivity index (χ4n) is 3.65. The lowest BCUT2D eigenvalue weighted by atomic mass is 10.2. The second-order valence-electron chi connectivity index (χ2n) is 7.67. The number of carbonyl (C=O) groups is 1. The molecular formula is C24H27N3O4S. The molecule has 0 aliphatic carbocycles. The van der Waals surface area contributed by atoms with Crippen LogP contribution in [0.3, 0.4) is 0 Å². The number of hydrogen-bond acceptors (Lipinski definition) is 6. The zero-order chi connectivity index (χ0) is 22.5. The van der Waals surface area contributed by atoms with Gasteiger partial charge in [-0.25, -0.2) is 4.98 Å². The monoisotopic (exact) mass is 453 g/mol.